The van der Waals surface area contributed by atoms with E-state index < -0.39 is 5.97 Å². The number of phenolic OH excluding ortho intramolecular Hbond substituents is 1. The van der Waals surface area contributed by atoms with Crippen LogP contribution >= 0.6 is 0 Å². The lowest BCUT2D eigenvalue weighted by atomic mass is 10.1. The number of carbonyl (C=O) groups excluding carboxylic acids is 3. The molecular formula is C31H29N3O6. The Hall–Kier alpha value is -5.18. The van der Waals surface area contributed by atoms with Crippen LogP contribution in [0.15, 0.2) is 91.1 Å². The highest BCUT2D eigenvalue weighted by Crippen LogP contribution is 2.24. The van der Waals surface area contributed by atoms with Crippen LogP contribution in [-0.4, -0.2) is 34.5 Å². The first kappa shape index (κ1) is 27.8. The molecule has 1 aromatic heterocycles. The van der Waals surface area contributed by atoms with Crippen molar-refractivity contribution in [2.45, 2.75) is 26.4 Å². The standard InChI is InChI=1S/C31H29N3O6/c1-2-39-31(38)24-8-5-9-25(17-24)40-30-26(10-6-16-32-30)29(37)34-20-22-14-12-21(13-15-22)19-33-28(36)18-23-7-3-4-11-27(23)35/h3-17,35H,2,18-20H2,1H3,(H,33,36)(H,34,37). The quantitative estimate of drug-likeness (QED) is 0.239. The van der Waals surface area contributed by atoms with Crippen molar-refractivity contribution in [1.82, 2.24) is 15.6 Å². The van der Waals surface area contributed by atoms with Crippen LogP contribution < -0.4 is 15.4 Å². The number of pyridine rings is 1. The second kappa shape index (κ2) is 13.6. The summed E-state index contributed by atoms with van der Waals surface area (Å²) in [5.41, 5.74) is 2.91. The third-order valence-corrected chi connectivity index (χ3v) is 5.88. The molecule has 1 heterocycles. The van der Waals surface area contributed by atoms with Gasteiger partial charge in [-0.05, 0) is 54.4 Å². The number of aromatic hydroxyl groups is 1. The summed E-state index contributed by atoms with van der Waals surface area (Å²) in [7, 11) is 0. The fourth-order valence-corrected chi connectivity index (χ4v) is 3.81. The summed E-state index contributed by atoms with van der Waals surface area (Å²) in [6.45, 7) is 2.60. The number of nitrogens with one attached hydrogen (secondary N) is 2. The fourth-order valence-electron chi connectivity index (χ4n) is 3.81. The molecule has 40 heavy (non-hydrogen) atoms. The van der Waals surface area contributed by atoms with E-state index in [9.17, 15) is 19.5 Å². The van der Waals surface area contributed by atoms with Gasteiger partial charge < -0.3 is 25.2 Å². The molecule has 4 aromatic rings. The Morgan fingerprint density at radius 2 is 1.57 bits per heavy atom. The molecule has 4 rings (SSSR count). The number of nitrogens with zero attached hydrogens (tertiary/aromatic N) is 1. The summed E-state index contributed by atoms with van der Waals surface area (Å²) >= 11 is 0. The molecule has 0 unspecified atom stereocenters. The van der Waals surface area contributed by atoms with Gasteiger partial charge in [0.25, 0.3) is 5.91 Å². The highest BCUT2D eigenvalue weighted by molar-refractivity contribution is 5.96. The van der Waals surface area contributed by atoms with Gasteiger partial charge >= 0.3 is 5.97 Å². The highest BCUT2D eigenvalue weighted by atomic mass is 16.5. The predicted octanol–water partition coefficient (Wildman–Crippen LogP) is 4.55. The lowest BCUT2D eigenvalue weighted by Crippen LogP contribution is -2.25. The van der Waals surface area contributed by atoms with Gasteiger partial charge in [0.05, 0.1) is 18.6 Å². The van der Waals surface area contributed by atoms with Gasteiger partial charge in [-0.25, -0.2) is 9.78 Å². The van der Waals surface area contributed by atoms with Crippen molar-refractivity contribution in [2.75, 3.05) is 6.61 Å². The monoisotopic (exact) mass is 539 g/mol. The van der Waals surface area contributed by atoms with Crippen molar-refractivity contribution in [1.29, 1.82) is 0 Å². The first-order valence-electron chi connectivity index (χ1n) is 12.7. The molecule has 0 aliphatic heterocycles. The Morgan fingerprint density at radius 1 is 0.850 bits per heavy atom. The third kappa shape index (κ3) is 7.67. The number of ether oxygens (including phenoxy) is 2. The van der Waals surface area contributed by atoms with Crippen LogP contribution in [0.25, 0.3) is 0 Å². The molecule has 0 spiro atoms. The molecule has 9 nitrogen and oxygen atoms in total. The molecule has 0 radical (unpaired) electrons. The van der Waals surface area contributed by atoms with Crippen molar-refractivity contribution in [3.05, 3.63) is 119 Å². The van der Waals surface area contributed by atoms with Crippen LogP contribution in [0.4, 0.5) is 0 Å². The van der Waals surface area contributed by atoms with Crippen LogP contribution in [-0.2, 0) is 29.0 Å². The zero-order valence-electron chi connectivity index (χ0n) is 21.9. The van der Waals surface area contributed by atoms with Crippen molar-refractivity contribution in [2.24, 2.45) is 0 Å². The van der Waals surface area contributed by atoms with Gasteiger partial charge in [0.2, 0.25) is 11.8 Å². The van der Waals surface area contributed by atoms with Crippen molar-refractivity contribution in [3.8, 4) is 17.4 Å². The lowest BCUT2D eigenvalue weighted by Gasteiger charge is -2.11. The number of amides is 2. The summed E-state index contributed by atoms with van der Waals surface area (Å²) in [6, 6.07) is 23.9. The first-order valence-corrected chi connectivity index (χ1v) is 12.7. The maximum atomic E-state index is 12.9. The van der Waals surface area contributed by atoms with Gasteiger partial charge in [-0.1, -0.05) is 48.5 Å². The van der Waals surface area contributed by atoms with Crippen LogP contribution in [0.2, 0.25) is 0 Å². The number of esters is 1. The van der Waals surface area contributed by atoms with E-state index in [1.807, 2.05) is 24.3 Å². The smallest absolute Gasteiger partial charge is 0.338 e. The number of phenols is 1. The normalized spacial score (nSPS) is 10.4. The average molecular weight is 540 g/mol. The SMILES string of the molecule is CCOC(=O)c1cccc(Oc2ncccc2C(=O)NCc2ccc(CNC(=O)Cc3ccccc3O)cc2)c1. The van der Waals surface area contributed by atoms with Crippen LogP contribution in [0.1, 0.15) is 44.3 Å². The van der Waals surface area contributed by atoms with E-state index in [-0.39, 0.29) is 48.6 Å². The Kier molecular flexibility index (Phi) is 9.44. The summed E-state index contributed by atoms with van der Waals surface area (Å²) in [5, 5.41) is 15.5. The molecule has 0 atom stereocenters. The first-order chi connectivity index (χ1) is 19.4. The predicted molar refractivity (Wildman–Crippen MR) is 148 cm³/mol. The third-order valence-electron chi connectivity index (χ3n) is 5.88. The van der Waals surface area contributed by atoms with Gasteiger partial charge in [0.15, 0.2) is 0 Å². The summed E-state index contributed by atoms with van der Waals surface area (Å²) in [5.74, 6) is -0.479. The Bertz CT molecular complexity index is 1490. The van der Waals surface area contributed by atoms with Crippen molar-refractivity contribution < 1.29 is 29.0 Å². The van der Waals surface area contributed by atoms with Crippen LogP contribution in [0, 0.1) is 0 Å². The van der Waals surface area contributed by atoms with Crippen molar-refractivity contribution in [3.63, 3.8) is 0 Å². The van der Waals surface area contributed by atoms with E-state index in [0.717, 1.165) is 11.1 Å². The minimum absolute atomic E-state index is 0.0909. The number of carbonyl (C=O) groups is 3. The van der Waals surface area contributed by atoms with Gasteiger partial charge in [-0.3, -0.25) is 9.59 Å². The van der Waals surface area contributed by atoms with E-state index in [0.29, 0.717) is 23.4 Å². The van der Waals surface area contributed by atoms with Crippen molar-refractivity contribution >= 4 is 17.8 Å². The van der Waals surface area contributed by atoms with E-state index in [1.165, 1.54) is 12.3 Å². The summed E-state index contributed by atoms with van der Waals surface area (Å²) in [6.07, 6.45) is 1.61. The van der Waals surface area contributed by atoms with E-state index in [1.54, 1.807) is 61.5 Å². The average Bonchev–Trinajstić information content (AvgIpc) is 2.97. The summed E-state index contributed by atoms with van der Waals surface area (Å²) < 4.78 is 10.9. The molecule has 0 bridgehead atoms. The van der Waals surface area contributed by atoms with E-state index in [4.69, 9.17) is 9.47 Å². The van der Waals surface area contributed by atoms with E-state index >= 15 is 0 Å². The van der Waals surface area contributed by atoms with Gasteiger partial charge in [-0.15, -0.1) is 0 Å². The maximum Gasteiger partial charge on any atom is 0.338 e. The molecule has 0 fully saturated rings. The van der Waals surface area contributed by atoms with Crippen LogP contribution in [0.3, 0.4) is 0 Å². The molecule has 0 aliphatic rings. The molecule has 0 aliphatic carbocycles. The Balaban J connectivity index is 1.31. The van der Waals surface area contributed by atoms with Gasteiger partial charge in [-0.2, -0.15) is 0 Å². The number of hydrogen-bond donors (Lipinski definition) is 3. The minimum Gasteiger partial charge on any atom is -0.508 e. The second-order valence-corrected chi connectivity index (χ2v) is 8.79. The molecule has 3 aromatic carbocycles. The maximum absolute atomic E-state index is 12.9. The number of hydrogen-bond acceptors (Lipinski definition) is 7. The summed E-state index contributed by atoms with van der Waals surface area (Å²) in [4.78, 5) is 41.4. The Labute approximate surface area is 231 Å². The van der Waals surface area contributed by atoms with Gasteiger partial charge in [0.1, 0.15) is 17.1 Å². The minimum atomic E-state index is -0.465. The molecule has 3 N–H and O–H groups in total. The zero-order chi connectivity index (χ0) is 28.3. The molecule has 2 amide bonds. The largest absolute Gasteiger partial charge is 0.508 e. The molecule has 0 saturated heterocycles. The number of aromatic nitrogens is 1. The molecule has 9 heteroatoms. The molecule has 0 saturated carbocycles. The van der Waals surface area contributed by atoms with E-state index in [2.05, 4.69) is 15.6 Å². The molecule has 204 valence electrons. The molecular weight excluding hydrogens is 510 g/mol. The topological polar surface area (TPSA) is 127 Å². The lowest BCUT2D eigenvalue weighted by molar-refractivity contribution is -0.120. The second-order valence-electron chi connectivity index (χ2n) is 8.79. The highest BCUT2D eigenvalue weighted by Gasteiger charge is 2.15. The zero-order valence-corrected chi connectivity index (χ0v) is 21.9. The van der Waals surface area contributed by atoms with Crippen LogP contribution in [0.5, 0.6) is 17.4 Å². The number of rotatable bonds is 11. The fraction of sp³-hybridized carbons (Fsp3) is 0.161. The Morgan fingerprint density at radius 3 is 2.30 bits per heavy atom. The number of para-hydroxylation sites is 1. The van der Waals surface area contributed by atoms with Gasteiger partial charge in [0, 0.05) is 24.8 Å². The number of benzene rings is 3.